The number of amides is 4. The van der Waals surface area contributed by atoms with Gasteiger partial charge in [0.2, 0.25) is 0 Å². The van der Waals surface area contributed by atoms with Crippen molar-refractivity contribution in [3.05, 3.63) is 102 Å². The number of fused-ring (bicyclic) bond motifs is 1. The second-order valence-corrected chi connectivity index (χ2v) is 9.55. The van der Waals surface area contributed by atoms with Gasteiger partial charge in [0.15, 0.2) is 0 Å². The molecule has 0 aliphatic carbocycles. The van der Waals surface area contributed by atoms with Gasteiger partial charge in [0.05, 0.1) is 23.9 Å². The SMILES string of the molecule is COc1ccc(C(=O)Nc2ccccc2C(=O)N[C@H](C(=O)NNC(=O)c2ccc3ccccc3c2O)C(C)C)cc1. The molecular formula is C31H30N4O6. The highest BCUT2D eigenvalue weighted by Crippen LogP contribution is 2.28. The molecule has 0 bridgehead atoms. The Balaban J connectivity index is 1.43. The average Bonchev–Trinajstić information content (AvgIpc) is 2.98. The molecule has 0 radical (unpaired) electrons. The van der Waals surface area contributed by atoms with E-state index in [1.807, 2.05) is 6.07 Å². The molecule has 4 rings (SSSR count). The number of aromatic hydroxyl groups is 1. The summed E-state index contributed by atoms with van der Waals surface area (Å²) < 4.78 is 5.12. The van der Waals surface area contributed by atoms with Crippen LogP contribution in [-0.4, -0.2) is 41.9 Å². The van der Waals surface area contributed by atoms with E-state index in [-0.39, 0.29) is 28.5 Å². The summed E-state index contributed by atoms with van der Waals surface area (Å²) in [5, 5.41) is 17.2. The maximum Gasteiger partial charge on any atom is 0.273 e. The average molecular weight is 555 g/mol. The summed E-state index contributed by atoms with van der Waals surface area (Å²) >= 11 is 0. The Labute approximate surface area is 236 Å². The van der Waals surface area contributed by atoms with Crippen LogP contribution in [0.3, 0.4) is 0 Å². The van der Waals surface area contributed by atoms with E-state index in [1.165, 1.54) is 19.2 Å². The number of rotatable bonds is 8. The Kier molecular flexibility index (Phi) is 8.83. The first kappa shape index (κ1) is 28.6. The number of anilines is 1. The van der Waals surface area contributed by atoms with Gasteiger partial charge in [-0.3, -0.25) is 30.0 Å². The van der Waals surface area contributed by atoms with Gasteiger partial charge in [0.25, 0.3) is 23.6 Å². The van der Waals surface area contributed by atoms with Crippen molar-refractivity contribution in [2.24, 2.45) is 5.92 Å². The van der Waals surface area contributed by atoms with E-state index < -0.39 is 29.7 Å². The van der Waals surface area contributed by atoms with Crippen molar-refractivity contribution in [2.45, 2.75) is 19.9 Å². The van der Waals surface area contributed by atoms with Gasteiger partial charge in [-0.05, 0) is 53.8 Å². The quantitative estimate of drug-likeness (QED) is 0.208. The molecule has 0 aliphatic heterocycles. The molecule has 0 heterocycles. The van der Waals surface area contributed by atoms with Gasteiger partial charge < -0.3 is 20.5 Å². The van der Waals surface area contributed by atoms with Gasteiger partial charge in [-0.1, -0.05) is 56.3 Å². The summed E-state index contributed by atoms with van der Waals surface area (Å²) in [5.41, 5.74) is 5.39. The lowest BCUT2D eigenvalue weighted by atomic mass is 10.0. The third-order valence-electron chi connectivity index (χ3n) is 6.45. The molecule has 210 valence electrons. The van der Waals surface area contributed by atoms with Gasteiger partial charge >= 0.3 is 0 Å². The van der Waals surface area contributed by atoms with Crippen LogP contribution in [0.25, 0.3) is 10.8 Å². The van der Waals surface area contributed by atoms with Crippen LogP contribution in [0.15, 0.2) is 84.9 Å². The summed E-state index contributed by atoms with van der Waals surface area (Å²) in [7, 11) is 1.53. The van der Waals surface area contributed by atoms with Crippen molar-refractivity contribution in [1.29, 1.82) is 0 Å². The highest BCUT2D eigenvalue weighted by Gasteiger charge is 2.27. The van der Waals surface area contributed by atoms with Crippen molar-refractivity contribution < 1.29 is 29.0 Å². The number of benzene rings is 4. The molecule has 10 nitrogen and oxygen atoms in total. The molecule has 5 N–H and O–H groups in total. The van der Waals surface area contributed by atoms with E-state index in [0.29, 0.717) is 16.7 Å². The molecule has 0 saturated carbocycles. The van der Waals surface area contributed by atoms with Gasteiger partial charge in [-0.2, -0.15) is 0 Å². The van der Waals surface area contributed by atoms with Crippen molar-refractivity contribution in [1.82, 2.24) is 16.2 Å². The fourth-order valence-electron chi connectivity index (χ4n) is 4.18. The number of carbonyl (C=O) groups excluding carboxylic acids is 4. The number of phenols is 1. The number of nitrogens with one attached hydrogen (secondary N) is 4. The van der Waals surface area contributed by atoms with Gasteiger partial charge in [-0.25, -0.2) is 0 Å². The third kappa shape index (κ3) is 6.62. The van der Waals surface area contributed by atoms with Crippen LogP contribution in [-0.2, 0) is 4.79 Å². The molecule has 0 aromatic heterocycles. The normalized spacial score (nSPS) is 11.4. The Morgan fingerprint density at radius 1 is 0.732 bits per heavy atom. The van der Waals surface area contributed by atoms with E-state index in [0.717, 1.165) is 5.39 Å². The molecule has 0 unspecified atom stereocenters. The Hall–Kier alpha value is -5.38. The second kappa shape index (κ2) is 12.6. The van der Waals surface area contributed by atoms with E-state index in [4.69, 9.17) is 4.74 Å². The highest BCUT2D eigenvalue weighted by molar-refractivity contribution is 6.10. The predicted octanol–water partition coefficient (Wildman–Crippen LogP) is 4.02. The molecule has 10 heteroatoms. The molecule has 4 amide bonds. The lowest BCUT2D eigenvalue weighted by Crippen LogP contribution is -2.54. The van der Waals surface area contributed by atoms with Crippen LogP contribution in [0, 0.1) is 5.92 Å². The van der Waals surface area contributed by atoms with Crippen molar-refractivity contribution >= 4 is 40.1 Å². The van der Waals surface area contributed by atoms with E-state index in [1.54, 1.807) is 80.6 Å². The lowest BCUT2D eigenvalue weighted by molar-refractivity contribution is -0.124. The molecule has 41 heavy (non-hydrogen) atoms. The van der Waals surface area contributed by atoms with Crippen molar-refractivity contribution in [2.75, 3.05) is 12.4 Å². The minimum atomic E-state index is -1.03. The minimum Gasteiger partial charge on any atom is -0.506 e. The van der Waals surface area contributed by atoms with Crippen LogP contribution >= 0.6 is 0 Å². The number of ether oxygens (including phenoxy) is 1. The van der Waals surface area contributed by atoms with Gasteiger partial charge in [-0.15, -0.1) is 0 Å². The molecule has 0 spiro atoms. The first-order chi connectivity index (χ1) is 19.7. The fraction of sp³-hybridized carbons (Fsp3) is 0.161. The minimum absolute atomic E-state index is 0.0179. The standard InChI is InChI=1S/C31H30N4O6/c1-18(2)26(31(40)35-34-30(39)24-17-14-19-8-4-5-9-22(19)27(24)36)33-29(38)23-10-6-7-11-25(23)32-28(37)20-12-15-21(41-3)16-13-20/h4-18,26,36H,1-3H3,(H,32,37)(H,33,38)(H,34,39)(H,35,40)/t26-/m0/s1. The van der Waals surface area contributed by atoms with E-state index >= 15 is 0 Å². The summed E-state index contributed by atoms with van der Waals surface area (Å²) in [6.07, 6.45) is 0. The zero-order valence-electron chi connectivity index (χ0n) is 22.7. The molecular weight excluding hydrogens is 524 g/mol. The van der Waals surface area contributed by atoms with Crippen LogP contribution < -0.4 is 26.2 Å². The molecule has 4 aromatic rings. The predicted molar refractivity (Wildman–Crippen MR) is 155 cm³/mol. The zero-order chi connectivity index (χ0) is 29.5. The van der Waals surface area contributed by atoms with Crippen LogP contribution in [0.4, 0.5) is 5.69 Å². The zero-order valence-corrected chi connectivity index (χ0v) is 22.7. The van der Waals surface area contributed by atoms with Crippen molar-refractivity contribution in [3.63, 3.8) is 0 Å². The summed E-state index contributed by atoms with van der Waals surface area (Å²) in [4.78, 5) is 51.8. The topological polar surface area (TPSA) is 146 Å². The summed E-state index contributed by atoms with van der Waals surface area (Å²) in [5.74, 6) is -2.37. The second-order valence-electron chi connectivity index (χ2n) is 9.55. The number of para-hydroxylation sites is 1. The number of hydrogen-bond donors (Lipinski definition) is 5. The Morgan fingerprint density at radius 3 is 2.12 bits per heavy atom. The van der Waals surface area contributed by atoms with Crippen LogP contribution in [0.1, 0.15) is 44.9 Å². The first-order valence-electron chi connectivity index (χ1n) is 12.9. The third-order valence-corrected chi connectivity index (χ3v) is 6.45. The summed E-state index contributed by atoms with van der Waals surface area (Å²) in [6.45, 7) is 3.47. The largest absolute Gasteiger partial charge is 0.506 e. The lowest BCUT2D eigenvalue weighted by Gasteiger charge is -2.22. The highest BCUT2D eigenvalue weighted by atomic mass is 16.5. The van der Waals surface area contributed by atoms with Crippen molar-refractivity contribution in [3.8, 4) is 11.5 Å². The molecule has 4 aromatic carbocycles. The smallest absolute Gasteiger partial charge is 0.273 e. The fourth-order valence-corrected chi connectivity index (χ4v) is 4.18. The molecule has 0 aliphatic rings. The Bertz CT molecular complexity index is 1600. The monoisotopic (exact) mass is 554 g/mol. The number of carbonyl (C=O) groups is 4. The summed E-state index contributed by atoms with van der Waals surface area (Å²) in [6, 6.07) is 22.1. The van der Waals surface area contributed by atoms with E-state index in [9.17, 15) is 24.3 Å². The number of methoxy groups -OCH3 is 1. The maximum absolute atomic E-state index is 13.2. The molecule has 1 atom stereocenters. The number of hydrogen-bond acceptors (Lipinski definition) is 6. The Morgan fingerprint density at radius 2 is 1.41 bits per heavy atom. The van der Waals surface area contributed by atoms with Crippen LogP contribution in [0.5, 0.6) is 11.5 Å². The van der Waals surface area contributed by atoms with Crippen LogP contribution in [0.2, 0.25) is 0 Å². The maximum atomic E-state index is 13.2. The number of phenolic OH excluding ortho intramolecular Hbond substituents is 1. The molecule has 0 fully saturated rings. The van der Waals surface area contributed by atoms with E-state index in [2.05, 4.69) is 21.5 Å². The number of hydrazine groups is 1. The van der Waals surface area contributed by atoms with Gasteiger partial charge in [0.1, 0.15) is 17.5 Å². The molecule has 0 saturated heterocycles. The first-order valence-corrected chi connectivity index (χ1v) is 12.9. The van der Waals surface area contributed by atoms with Gasteiger partial charge in [0, 0.05) is 10.9 Å².